The van der Waals surface area contributed by atoms with E-state index in [1.165, 1.54) is 16.8 Å². The molecule has 32 heavy (non-hydrogen) atoms. The number of H-pyrrole nitrogens is 1. The normalized spacial score (nSPS) is 16.4. The number of hydrogen-bond donors (Lipinski definition) is 2. The van der Waals surface area contributed by atoms with Crippen LogP contribution in [0.5, 0.6) is 11.5 Å². The van der Waals surface area contributed by atoms with E-state index in [1.807, 2.05) is 32.0 Å². The quantitative estimate of drug-likeness (QED) is 0.571. The fourth-order valence-electron chi connectivity index (χ4n) is 4.06. The highest BCUT2D eigenvalue weighted by Gasteiger charge is 2.32. The molecule has 9 nitrogen and oxygen atoms in total. The van der Waals surface area contributed by atoms with Crippen LogP contribution in [-0.2, 0) is 6.42 Å². The summed E-state index contributed by atoms with van der Waals surface area (Å²) in [6, 6.07) is 7.32. The zero-order chi connectivity index (χ0) is 22.5. The Morgan fingerprint density at radius 2 is 2.16 bits per heavy atom. The number of carbonyl (C=O) groups is 1. The minimum absolute atomic E-state index is 0.0557. The molecular weight excluding hydrogens is 412 g/mol. The van der Waals surface area contributed by atoms with Crippen LogP contribution < -0.4 is 26.0 Å². The van der Waals surface area contributed by atoms with Crippen molar-refractivity contribution in [3.8, 4) is 11.5 Å². The van der Waals surface area contributed by atoms with Crippen LogP contribution in [0.4, 0.5) is 0 Å². The molecule has 3 heterocycles. The van der Waals surface area contributed by atoms with Gasteiger partial charge in [0.05, 0.1) is 17.5 Å². The van der Waals surface area contributed by atoms with Gasteiger partial charge < -0.3 is 14.8 Å². The van der Waals surface area contributed by atoms with Gasteiger partial charge in [-0.3, -0.25) is 19.1 Å². The van der Waals surface area contributed by atoms with Gasteiger partial charge in [-0.2, -0.15) is 0 Å². The highest BCUT2D eigenvalue weighted by molar-refractivity contribution is 5.96. The summed E-state index contributed by atoms with van der Waals surface area (Å²) in [6.07, 6.45) is 3.95. The molecule has 1 saturated carbocycles. The molecule has 5 rings (SSSR count). The number of carbonyl (C=O) groups excluding carboxylic acids is 1. The number of amides is 1. The summed E-state index contributed by atoms with van der Waals surface area (Å²) in [6.45, 7) is 4.59. The minimum atomic E-state index is -0.548. The van der Waals surface area contributed by atoms with Crippen molar-refractivity contribution in [1.82, 2.24) is 19.9 Å². The Labute approximate surface area is 183 Å². The fraction of sp³-hybridized carbons (Fsp3) is 0.391. The number of fused-ring (bicyclic) bond motifs is 2. The van der Waals surface area contributed by atoms with Crippen LogP contribution in [0.2, 0.25) is 0 Å². The molecule has 0 atom stereocenters. The average Bonchev–Trinajstić information content (AvgIpc) is 3.52. The molecule has 1 aliphatic carbocycles. The molecule has 1 aromatic carbocycles. The van der Waals surface area contributed by atoms with Gasteiger partial charge in [0.25, 0.3) is 11.5 Å². The van der Waals surface area contributed by atoms with Gasteiger partial charge in [0.2, 0.25) is 0 Å². The number of nitrogens with zero attached hydrogens (tertiary/aromatic N) is 2. The number of ether oxygens (including phenoxy) is 2. The van der Waals surface area contributed by atoms with Crippen LogP contribution in [0, 0.1) is 0 Å². The van der Waals surface area contributed by atoms with Crippen molar-refractivity contribution < 1.29 is 14.3 Å². The maximum atomic E-state index is 12.6. The molecule has 1 fully saturated rings. The van der Waals surface area contributed by atoms with Gasteiger partial charge in [-0.15, -0.1) is 0 Å². The molecule has 1 amide bonds. The number of nitrogens with one attached hydrogen (secondary N) is 2. The molecule has 0 radical (unpaired) electrons. The smallest absolute Gasteiger partial charge is 0.330 e. The van der Waals surface area contributed by atoms with Gasteiger partial charge in [-0.25, -0.2) is 9.78 Å². The van der Waals surface area contributed by atoms with Crippen molar-refractivity contribution in [2.24, 2.45) is 0 Å². The van der Waals surface area contributed by atoms with E-state index in [9.17, 15) is 14.4 Å². The molecule has 2 aromatic heterocycles. The topological polar surface area (TPSA) is 115 Å². The Bertz CT molecular complexity index is 1340. The molecular formula is C23H24N4O5. The first-order valence-corrected chi connectivity index (χ1v) is 10.7. The molecule has 3 aromatic rings. The van der Waals surface area contributed by atoms with Crippen LogP contribution in [-0.4, -0.2) is 39.2 Å². The van der Waals surface area contributed by atoms with E-state index < -0.39 is 11.2 Å². The third-order valence-corrected chi connectivity index (χ3v) is 5.65. The lowest BCUT2D eigenvalue weighted by Crippen LogP contribution is -2.31. The van der Waals surface area contributed by atoms with Gasteiger partial charge >= 0.3 is 5.69 Å². The van der Waals surface area contributed by atoms with E-state index in [0.717, 1.165) is 30.6 Å². The summed E-state index contributed by atoms with van der Waals surface area (Å²) >= 11 is 0. The molecule has 2 aliphatic rings. The minimum Gasteiger partial charge on any atom is -0.488 e. The second-order valence-electron chi connectivity index (χ2n) is 8.84. The lowest BCUT2D eigenvalue weighted by molar-refractivity contribution is 0.0946. The number of aromatic amines is 1. The van der Waals surface area contributed by atoms with Crippen molar-refractivity contribution >= 4 is 16.9 Å². The Morgan fingerprint density at radius 1 is 1.34 bits per heavy atom. The zero-order valence-electron chi connectivity index (χ0n) is 17.9. The number of benzene rings is 1. The number of rotatable bonds is 6. The predicted octanol–water partition coefficient (Wildman–Crippen LogP) is 1.94. The molecule has 9 heteroatoms. The molecule has 2 N–H and O–H groups in total. The number of pyridine rings is 1. The van der Waals surface area contributed by atoms with Crippen LogP contribution in [0.25, 0.3) is 11.0 Å². The molecule has 166 valence electrons. The molecule has 0 unspecified atom stereocenters. The number of hydrogen-bond acceptors (Lipinski definition) is 6. The van der Waals surface area contributed by atoms with Gasteiger partial charge in [0.15, 0.2) is 11.5 Å². The van der Waals surface area contributed by atoms with E-state index >= 15 is 0 Å². The van der Waals surface area contributed by atoms with Gasteiger partial charge in [0, 0.05) is 24.2 Å². The summed E-state index contributed by atoms with van der Waals surface area (Å²) < 4.78 is 13.3. The summed E-state index contributed by atoms with van der Waals surface area (Å²) in [7, 11) is 0. The first kappa shape index (κ1) is 20.3. The zero-order valence-corrected chi connectivity index (χ0v) is 17.9. The monoisotopic (exact) mass is 436 g/mol. The Kier molecular flexibility index (Phi) is 4.76. The lowest BCUT2D eigenvalue weighted by Gasteiger charge is -2.18. The second-order valence-corrected chi connectivity index (χ2v) is 8.84. The molecule has 0 spiro atoms. The first-order valence-electron chi connectivity index (χ1n) is 10.7. The van der Waals surface area contributed by atoms with Crippen LogP contribution in [0.15, 0.2) is 40.1 Å². The summed E-state index contributed by atoms with van der Waals surface area (Å²) in [4.78, 5) is 43.5. The second kappa shape index (κ2) is 7.51. The van der Waals surface area contributed by atoms with Crippen molar-refractivity contribution in [1.29, 1.82) is 0 Å². The lowest BCUT2D eigenvalue weighted by atomic mass is 10.0. The predicted molar refractivity (Wildman–Crippen MR) is 118 cm³/mol. The van der Waals surface area contributed by atoms with Gasteiger partial charge in [0.1, 0.15) is 17.9 Å². The van der Waals surface area contributed by atoms with Crippen LogP contribution in [0.1, 0.15) is 48.7 Å². The highest BCUT2D eigenvalue weighted by atomic mass is 16.5. The van der Waals surface area contributed by atoms with Crippen molar-refractivity contribution in [3.05, 3.63) is 62.4 Å². The Hall–Kier alpha value is -3.62. The Morgan fingerprint density at radius 3 is 2.94 bits per heavy atom. The largest absolute Gasteiger partial charge is 0.488 e. The molecule has 1 aliphatic heterocycles. The maximum absolute atomic E-state index is 12.6. The number of para-hydroxylation sites is 1. The SMILES string of the molecule is CC1(C)Cc2cccc(OCCNC(=O)c3cnc4c(c3)c(=O)[nH]c(=O)n4C3CC3)c2O1. The van der Waals surface area contributed by atoms with E-state index in [-0.39, 0.29) is 41.7 Å². The third-order valence-electron chi connectivity index (χ3n) is 5.65. The fourth-order valence-corrected chi connectivity index (χ4v) is 4.06. The molecule has 0 saturated heterocycles. The van der Waals surface area contributed by atoms with Gasteiger partial charge in [-0.05, 0) is 38.8 Å². The summed E-state index contributed by atoms with van der Waals surface area (Å²) in [5, 5.41) is 3.00. The van der Waals surface area contributed by atoms with Gasteiger partial charge in [-0.1, -0.05) is 12.1 Å². The first-order chi connectivity index (χ1) is 15.3. The van der Waals surface area contributed by atoms with E-state index in [2.05, 4.69) is 15.3 Å². The Balaban J connectivity index is 1.25. The third kappa shape index (κ3) is 3.74. The van der Waals surface area contributed by atoms with Crippen LogP contribution >= 0.6 is 0 Å². The van der Waals surface area contributed by atoms with Crippen molar-refractivity contribution in [2.75, 3.05) is 13.2 Å². The molecule has 0 bridgehead atoms. The van der Waals surface area contributed by atoms with Crippen molar-refractivity contribution in [2.45, 2.75) is 44.8 Å². The summed E-state index contributed by atoms with van der Waals surface area (Å²) in [5.41, 5.74) is 0.381. The van der Waals surface area contributed by atoms with Crippen LogP contribution in [0.3, 0.4) is 0 Å². The maximum Gasteiger partial charge on any atom is 0.330 e. The highest BCUT2D eigenvalue weighted by Crippen LogP contribution is 2.41. The standard InChI is InChI=1S/C23H24N4O5/c1-23(2)11-13-4-3-5-17(18(13)32-23)31-9-8-24-20(28)14-10-16-19(25-12-14)27(15-6-7-15)22(30)26-21(16)29/h3-5,10,12,15H,6-9,11H2,1-2H3,(H,24,28)(H,26,29,30). The van der Waals surface area contributed by atoms with E-state index in [4.69, 9.17) is 9.47 Å². The van der Waals surface area contributed by atoms with E-state index in [0.29, 0.717) is 11.4 Å². The average molecular weight is 436 g/mol. The van der Waals surface area contributed by atoms with Crippen molar-refractivity contribution in [3.63, 3.8) is 0 Å². The summed E-state index contributed by atoms with van der Waals surface area (Å²) in [5.74, 6) is 1.03. The number of aromatic nitrogens is 3. The van der Waals surface area contributed by atoms with E-state index in [1.54, 1.807) is 0 Å².